The van der Waals surface area contributed by atoms with Crippen LogP contribution in [0.1, 0.15) is 21.8 Å². The number of oxazole rings is 1. The monoisotopic (exact) mass is 372 g/mol. The van der Waals surface area contributed by atoms with Crippen LogP contribution in [0.15, 0.2) is 52.9 Å². The van der Waals surface area contributed by atoms with Crippen LogP contribution < -0.4 is 0 Å². The number of halogens is 1. The van der Waals surface area contributed by atoms with Crippen molar-refractivity contribution in [3.63, 3.8) is 0 Å². The number of nitrogens with zero attached hydrogens (tertiary/aromatic N) is 2. The number of carbonyl (C=O) groups excluding carboxylic acids is 1. The Morgan fingerprint density at radius 3 is 2.69 bits per heavy atom. The molecule has 0 aliphatic rings. The maximum Gasteiger partial charge on any atom is 0.340 e. The van der Waals surface area contributed by atoms with Gasteiger partial charge < -0.3 is 9.15 Å². The van der Waals surface area contributed by atoms with E-state index in [-0.39, 0.29) is 22.9 Å². The van der Waals surface area contributed by atoms with Gasteiger partial charge in [-0.3, -0.25) is 10.1 Å². The van der Waals surface area contributed by atoms with Gasteiger partial charge >= 0.3 is 5.97 Å². The molecule has 0 saturated heterocycles. The fourth-order valence-corrected chi connectivity index (χ4v) is 2.46. The minimum Gasteiger partial charge on any atom is -0.455 e. The number of nitro benzene ring substituents is 1. The fraction of sp³-hybridized carbons (Fsp3) is 0.111. The summed E-state index contributed by atoms with van der Waals surface area (Å²) in [6.45, 7) is 1.57. The second-order valence-electron chi connectivity index (χ2n) is 5.39. The Morgan fingerprint density at radius 1 is 1.27 bits per heavy atom. The number of aromatic nitrogens is 1. The molecule has 2 aromatic carbocycles. The molecule has 0 saturated carbocycles. The predicted molar refractivity (Wildman–Crippen MR) is 93.9 cm³/mol. The van der Waals surface area contributed by atoms with Crippen LogP contribution in [0.4, 0.5) is 5.69 Å². The number of esters is 1. The first-order valence-electron chi connectivity index (χ1n) is 7.58. The van der Waals surface area contributed by atoms with Crippen molar-refractivity contribution in [1.29, 1.82) is 0 Å². The van der Waals surface area contributed by atoms with Gasteiger partial charge in [-0.15, -0.1) is 0 Å². The molecule has 0 unspecified atom stereocenters. The van der Waals surface area contributed by atoms with Gasteiger partial charge in [0.05, 0.1) is 15.5 Å². The average molecular weight is 373 g/mol. The lowest BCUT2D eigenvalue weighted by Crippen LogP contribution is -2.07. The number of hydrogen-bond acceptors (Lipinski definition) is 6. The molecule has 3 aromatic rings. The molecule has 132 valence electrons. The van der Waals surface area contributed by atoms with E-state index < -0.39 is 10.9 Å². The zero-order chi connectivity index (χ0) is 18.7. The van der Waals surface area contributed by atoms with E-state index >= 15 is 0 Å². The summed E-state index contributed by atoms with van der Waals surface area (Å²) in [5, 5.41) is 10.9. The zero-order valence-electron chi connectivity index (χ0n) is 13.6. The lowest BCUT2D eigenvalue weighted by molar-refractivity contribution is -0.384. The second kappa shape index (κ2) is 7.37. The summed E-state index contributed by atoms with van der Waals surface area (Å²) < 4.78 is 10.8. The minimum absolute atomic E-state index is 0.0717. The van der Waals surface area contributed by atoms with E-state index in [1.54, 1.807) is 6.92 Å². The molecule has 0 bridgehead atoms. The third kappa shape index (κ3) is 3.73. The van der Waals surface area contributed by atoms with Gasteiger partial charge in [-0.25, -0.2) is 9.78 Å². The molecular weight excluding hydrogens is 360 g/mol. The largest absolute Gasteiger partial charge is 0.455 e. The summed E-state index contributed by atoms with van der Waals surface area (Å²) in [6.07, 6.45) is 0. The summed E-state index contributed by atoms with van der Waals surface area (Å²) in [6, 6.07) is 12.9. The first-order valence-corrected chi connectivity index (χ1v) is 7.96. The van der Waals surface area contributed by atoms with Gasteiger partial charge in [0, 0.05) is 17.7 Å². The second-order valence-corrected chi connectivity index (χ2v) is 5.79. The van der Waals surface area contributed by atoms with Crippen molar-refractivity contribution in [3.05, 3.63) is 80.7 Å². The quantitative estimate of drug-likeness (QED) is 0.370. The Balaban J connectivity index is 1.75. The molecule has 0 aliphatic carbocycles. The standard InChI is InChI=1S/C18H13ClN2O5/c1-11-16(20-17(26-11)12-5-3-2-4-6-12)10-25-18(22)14-9-13(21(23)24)7-8-15(14)19/h2-9H,10H2,1H3. The van der Waals surface area contributed by atoms with Crippen molar-refractivity contribution in [3.8, 4) is 11.5 Å². The molecular formula is C18H13ClN2O5. The van der Waals surface area contributed by atoms with Crippen LogP contribution in [0.5, 0.6) is 0 Å². The molecule has 26 heavy (non-hydrogen) atoms. The SMILES string of the molecule is Cc1oc(-c2ccccc2)nc1COC(=O)c1cc([N+](=O)[O-])ccc1Cl. The van der Waals surface area contributed by atoms with Crippen LogP contribution in [0.3, 0.4) is 0 Å². The van der Waals surface area contributed by atoms with Crippen LogP contribution >= 0.6 is 11.6 Å². The molecule has 0 atom stereocenters. The Morgan fingerprint density at radius 2 is 2.00 bits per heavy atom. The lowest BCUT2D eigenvalue weighted by Gasteiger charge is -2.05. The van der Waals surface area contributed by atoms with E-state index in [9.17, 15) is 14.9 Å². The summed E-state index contributed by atoms with van der Waals surface area (Å²) in [4.78, 5) is 26.8. The number of aryl methyl sites for hydroxylation is 1. The molecule has 0 spiro atoms. The summed E-state index contributed by atoms with van der Waals surface area (Å²) in [5.74, 6) is 0.159. The van der Waals surface area contributed by atoms with Gasteiger partial charge in [-0.05, 0) is 25.1 Å². The maximum atomic E-state index is 12.2. The van der Waals surface area contributed by atoms with Gasteiger partial charge in [0.25, 0.3) is 5.69 Å². The minimum atomic E-state index is -0.776. The number of hydrogen-bond donors (Lipinski definition) is 0. The summed E-state index contributed by atoms with van der Waals surface area (Å²) >= 11 is 5.94. The molecule has 3 rings (SSSR count). The van der Waals surface area contributed by atoms with Crippen molar-refractivity contribution in [2.24, 2.45) is 0 Å². The number of rotatable bonds is 5. The Kier molecular flexibility index (Phi) is 4.99. The molecule has 0 radical (unpaired) electrons. The molecule has 0 N–H and O–H groups in total. The van der Waals surface area contributed by atoms with Crippen LogP contribution in [-0.2, 0) is 11.3 Å². The van der Waals surface area contributed by atoms with Crippen molar-refractivity contribution in [1.82, 2.24) is 4.98 Å². The van der Waals surface area contributed by atoms with Crippen molar-refractivity contribution in [2.75, 3.05) is 0 Å². The van der Waals surface area contributed by atoms with Crippen molar-refractivity contribution in [2.45, 2.75) is 13.5 Å². The molecule has 0 amide bonds. The first-order chi connectivity index (χ1) is 12.5. The lowest BCUT2D eigenvalue weighted by atomic mass is 10.2. The Bertz CT molecular complexity index is 969. The van der Waals surface area contributed by atoms with E-state index in [0.717, 1.165) is 11.6 Å². The molecule has 1 heterocycles. The zero-order valence-corrected chi connectivity index (χ0v) is 14.4. The molecule has 0 fully saturated rings. The van der Waals surface area contributed by atoms with E-state index in [2.05, 4.69) is 4.98 Å². The van der Waals surface area contributed by atoms with E-state index in [0.29, 0.717) is 17.3 Å². The van der Waals surface area contributed by atoms with Gasteiger partial charge in [-0.1, -0.05) is 29.8 Å². The summed E-state index contributed by atoms with van der Waals surface area (Å²) in [7, 11) is 0. The van der Waals surface area contributed by atoms with Gasteiger partial charge in [0.15, 0.2) is 0 Å². The molecule has 7 nitrogen and oxygen atoms in total. The highest BCUT2D eigenvalue weighted by Crippen LogP contribution is 2.25. The van der Waals surface area contributed by atoms with Crippen LogP contribution in [0, 0.1) is 17.0 Å². The van der Waals surface area contributed by atoms with Gasteiger partial charge in [0.1, 0.15) is 18.1 Å². The number of nitro groups is 1. The number of ether oxygens (including phenoxy) is 1. The van der Waals surface area contributed by atoms with E-state index in [1.807, 2.05) is 30.3 Å². The van der Waals surface area contributed by atoms with Crippen LogP contribution in [0.2, 0.25) is 5.02 Å². The third-order valence-corrected chi connectivity index (χ3v) is 3.96. The fourth-order valence-electron chi connectivity index (χ4n) is 2.26. The average Bonchev–Trinajstić information content (AvgIpc) is 3.01. The highest BCUT2D eigenvalue weighted by molar-refractivity contribution is 6.33. The Labute approximate surface area is 153 Å². The summed E-state index contributed by atoms with van der Waals surface area (Å²) in [5.41, 5.74) is 0.935. The molecule has 1 aromatic heterocycles. The normalized spacial score (nSPS) is 10.5. The van der Waals surface area contributed by atoms with E-state index in [4.69, 9.17) is 20.8 Å². The van der Waals surface area contributed by atoms with Crippen LogP contribution in [0.25, 0.3) is 11.5 Å². The highest BCUT2D eigenvalue weighted by Gasteiger charge is 2.19. The molecule has 0 aliphatic heterocycles. The smallest absolute Gasteiger partial charge is 0.340 e. The van der Waals surface area contributed by atoms with E-state index in [1.165, 1.54) is 12.1 Å². The highest BCUT2D eigenvalue weighted by atomic mass is 35.5. The van der Waals surface area contributed by atoms with Crippen molar-refractivity contribution >= 4 is 23.3 Å². The predicted octanol–water partition coefficient (Wildman–Crippen LogP) is 4.57. The van der Waals surface area contributed by atoms with Gasteiger partial charge in [0.2, 0.25) is 5.89 Å². The Hall–Kier alpha value is -3.19. The number of non-ortho nitro benzene ring substituents is 1. The van der Waals surface area contributed by atoms with Crippen LogP contribution in [-0.4, -0.2) is 15.9 Å². The number of carbonyl (C=O) groups is 1. The molecule has 8 heteroatoms. The van der Waals surface area contributed by atoms with Crippen molar-refractivity contribution < 1.29 is 18.9 Å². The topological polar surface area (TPSA) is 95.5 Å². The first kappa shape index (κ1) is 17.6. The number of benzene rings is 2. The third-order valence-electron chi connectivity index (χ3n) is 3.63. The maximum absolute atomic E-state index is 12.2. The van der Waals surface area contributed by atoms with Gasteiger partial charge in [-0.2, -0.15) is 0 Å².